The fraction of sp³-hybridized carbons (Fsp3) is 0.321. The number of hydrogen-bond donors (Lipinski definition) is 3. The summed E-state index contributed by atoms with van der Waals surface area (Å²) in [4.78, 5) is 11.0. The Balaban J connectivity index is 1.66. The number of carboxylic acids is 1. The summed E-state index contributed by atoms with van der Waals surface area (Å²) in [6.45, 7) is 5.44. The maximum Gasteiger partial charge on any atom is 0.338 e. The number of aliphatic hydroxyl groups excluding tert-OH is 1. The maximum absolute atomic E-state index is 14.1. The highest BCUT2D eigenvalue weighted by Crippen LogP contribution is 2.26. The van der Waals surface area contributed by atoms with Crippen molar-refractivity contribution in [1.29, 1.82) is 0 Å². The first-order valence-electron chi connectivity index (χ1n) is 12.0. The van der Waals surface area contributed by atoms with Crippen LogP contribution in [-0.4, -0.2) is 60.7 Å². The van der Waals surface area contributed by atoms with Gasteiger partial charge in [0.2, 0.25) is 10.0 Å². The Morgan fingerprint density at radius 3 is 2.34 bits per heavy atom. The highest BCUT2D eigenvalue weighted by molar-refractivity contribution is 7.89. The highest BCUT2D eigenvalue weighted by Gasteiger charge is 2.25. The molecule has 0 radical (unpaired) electrons. The van der Waals surface area contributed by atoms with Crippen molar-refractivity contribution < 1.29 is 32.2 Å². The van der Waals surface area contributed by atoms with Crippen molar-refractivity contribution in [2.75, 3.05) is 20.1 Å². The van der Waals surface area contributed by atoms with Gasteiger partial charge in [-0.05, 0) is 79.8 Å². The van der Waals surface area contributed by atoms with E-state index in [-0.39, 0.29) is 23.8 Å². The van der Waals surface area contributed by atoms with Crippen LogP contribution >= 0.6 is 0 Å². The quantitative estimate of drug-likeness (QED) is 0.332. The Hall–Kier alpha value is -3.18. The summed E-state index contributed by atoms with van der Waals surface area (Å²) in [7, 11) is -2.64. The number of nitrogens with zero attached hydrogens (tertiary/aromatic N) is 1. The first kappa shape index (κ1) is 29.4. The minimum absolute atomic E-state index is 0.0536. The van der Waals surface area contributed by atoms with E-state index < -0.39 is 39.0 Å². The van der Waals surface area contributed by atoms with Gasteiger partial charge in [-0.15, -0.1) is 0 Å². The number of hydrogen-bond acceptors (Lipinski definition) is 5. The topological polar surface area (TPSA) is 107 Å². The number of aryl methyl sites for hydroxylation is 1. The molecule has 0 fully saturated rings. The molecular weight excluding hydrogens is 514 g/mol. The SMILES string of the molecule is Cc1ccc(CC(C)(C)NC[C@@H](O)CN(C)S(=O)(=O)c2cccc(-c3ccc(C(=O)O)c(F)c3)c2)cc1F. The number of benzene rings is 3. The van der Waals surface area contributed by atoms with Crippen molar-refractivity contribution in [3.8, 4) is 11.1 Å². The number of rotatable bonds is 11. The van der Waals surface area contributed by atoms with E-state index in [1.54, 1.807) is 19.1 Å². The standard InChI is InChI=1S/C28H32F2N2O5S/c1-18-8-9-19(12-25(18)29)15-28(2,3)31-16-22(33)17-32(4)38(36,37)23-7-5-6-20(13-23)21-10-11-24(27(34)35)26(30)14-21/h5-14,22,31,33H,15-17H2,1-4H3,(H,34,35)/t22-/m1/s1. The van der Waals surface area contributed by atoms with E-state index in [0.717, 1.165) is 22.0 Å². The molecule has 0 unspecified atom stereocenters. The third-order valence-electron chi connectivity index (χ3n) is 6.24. The molecule has 204 valence electrons. The molecule has 0 spiro atoms. The minimum atomic E-state index is -3.99. The normalized spacial score (nSPS) is 13.1. The van der Waals surface area contributed by atoms with Crippen LogP contribution in [0.5, 0.6) is 0 Å². The molecule has 0 amide bonds. The zero-order chi connectivity index (χ0) is 28.3. The molecule has 1 atom stereocenters. The second-order valence-electron chi connectivity index (χ2n) is 9.99. The van der Waals surface area contributed by atoms with Crippen LogP contribution in [0.3, 0.4) is 0 Å². The molecule has 0 heterocycles. The van der Waals surface area contributed by atoms with Crippen molar-refractivity contribution in [3.63, 3.8) is 0 Å². The van der Waals surface area contributed by atoms with Crippen LogP contribution in [0.1, 0.15) is 35.3 Å². The predicted octanol–water partition coefficient (Wildman–Crippen LogP) is 4.23. The van der Waals surface area contributed by atoms with Gasteiger partial charge in [-0.3, -0.25) is 0 Å². The number of nitrogens with one attached hydrogen (secondary N) is 1. The van der Waals surface area contributed by atoms with Gasteiger partial charge in [-0.1, -0.05) is 30.3 Å². The Morgan fingerprint density at radius 2 is 1.71 bits per heavy atom. The maximum atomic E-state index is 14.1. The van der Waals surface area contributed by atoms with Crippen LogP contribution < -0.4 is 5.32 Å². The third-order valence-corrected chi connectivity index (χ3v) is 8.06. The second kappa shape index (κ2) is 11.7. The van der Waals surface area contributed by atoms with Gasteiger partial charge in [-0.25, -0.2) is 22.0 Å². The Labute approximate surface area is 221 Å². The zero-order valence-electron chi connectivity index (χ0n) is 21.7. The highest BCUT2D eigenvalue weighted by atomic mass is 32.2. The summed E-state index contributed by atoms with van der Waals surface area (Å²) < 4.78 is 55.4. The molecule has 0 aromatic heterocycles. The molecule has 38 heavy (non-hydrogen) atoms. The lowest BCUT2D eigenvalue weighted by molar-refractivity contribution is 0.0692. The molecule has 10 heteroatoms. The van der Waals surface area contributed by atoms with Crippen LogP contribution in [0.15, 0.2) is 65.6 Å². The first-order chi connectivity index (χ1) is 17.7. The molecule has 0 bridgehead atoms. The molecular formula is C28H32F2N2O5S. The van der Waals surface area contributed by atoms with E-state index in [0.29, 0.717) is 23.1 Å². The second-order valence-corrected chi connectivity index (χ2v) is 12.0. The van der Waals surface area contributed by atoms with Gasteiger partial charge in [0.1, 0.15) is 11.6 Å². The fourth-order valence-corrected chi connectivity index (χ4v) is 5.31. The van der Waals surface area contributed by atoms with Crippen molar-refractivity contribution in [2.45, 2.75) is 43.7 Å². The summed E-state index contributed by atoms with van der Waals surface area (Å²) in [5.41, 5.74) is 1.12. The van der Waals surface area contributed by atoms with Crippen molar-refractivity contribution in [3.05, 3.63) is 89.0 Å². The molecule has 3 N–H and O–H groups in total. The van der Waals surface area contributed by atoms with Crippen LogP contribution in [0, 0.1) is 18.6 Å². The van der Waals surface area contributed by atoms with E-state index in [4.69, 9.17) is 5.11 Å². The van der Waals surface area contributed by atoms with Gasteiger partial charge >= 0.3 is 5.97 Å². The van der Waals surface area contributed by atoms with Crippen molar-refractivity contribution in [1.82, 2.24) is 9.62 Å². The minimum Gasteiger partial charge on any atom is -0.478 e. The van der Waals surface area contributed by atoms with E-state index in [9.17, 15) is 27.1 Å². The van der Waals surface area contributed by atoms with Crippen LogP contribution in [0.25, 0.3) is 11.1 Å². The van der Waals surface area contributed by atoms with E-state index in [2.05, 4.69) is 5.32 Å². The number of carboxylic acid groups (broad SMARTS) is 1. The molecule has 0 aliphatic rings. The van der Waals surface area contributed by atoms with Gasteiger partial charge in [0.05, 0.1) is 16.6 Å². The zero-order valence-corrected chi connectivity index (χ0v) is 22.5. The van der Waals surface area contributed by atoms with E-state index in [1.165, 1.54) is 37.4 Å². The molecule has 3 rings (SSSR count). The average Bonchev–Trinajstić information content (AvgIpc) is 2.84. The molecule has 3 aromatic carbocycles. The summed E-state index contributed by atoms with van der Waals surface area (Å²) in [5, 5.41) is 22.8. The van der Waals surface area contributed by atoms with E-state index in [1.807, 2.05) is 19.9 Å². The summed E-state index contributed by atoms with van der Waals surface area (Å²) in [5.74, 6) is -2.60. The Morgan fingerprint density at radius 1 is 1.03 bits per heavy atom. The summed E-state index contributed by atoms with van der Waals surface area (Å²) in [6, 6.07) is 14.5. The lowest BCUT2D eigenvalue weighted by Crippen LogP contribution is -2.47. The largest absolute Gasteiger partial charge is 0.478 e. The lowest BCUT2D eigenvalue weighted by Gasteiger charge is -2.29. The number of β-amino-alcohol motifs (C(OH)–C–C–N with tert-alkyl or cyclic N) is 1. The first-order valence-corrected chi connectivity index (χ1v) is 13.4. The molecule has 0 saturated carbocycles. The number of halogens is 2. The van der Waals surface area contributed by atoms with Crippen LogP contribution in [-0.2, 0) is 16.4 Å². The fourth-order valence-electron chi connectivity index (χ4n) is 4.06. The van der Waals surface area contributed by atoms with Crippen LogP contribution in [0.2, 0.25) is 0 Å². The smallest absolute Gasteiger partial charge is 0.338 e. The number of aliphatic hydroxyl groups is 1. The van der Waals surface area contributed by atoms with Crippen molar-refractivity contribution >= 4 is 16.0 Å². The molecule has 3 aromatic rings. The van der Waals surface area contributed by atoms with Crippen molar-refractivity contribution in [2.24, 2.45) is 0 Å². The van der Waals surface area contributed by atoms with Gasteiger partial charge in [0.15, 0.2) is 0 Å². The Bertz CT molecular complexity index is 1430. The summed E-state index contributed by atoms with van der Waals surface area (Å²) in [6.07, 6.45) is -0.518. The molecule has 0 aliphatic heterocycles. The number of aromatic carboxylic acids is 1. The molecule has 7 nitrogen and oxygen atoms in total. The van der Waals surface area contributed by atoms with Gasteiger partial charge in [-0.2, -0.15) is 4.31 Å². The Kier molecular flexibility index (Phi) is 9.04. The van der Waals surface area contributed by atoms with Gasteiger partial charge in [0, 0.05) is 25.7 Å². The van der Waals surface area contributed by atoms with Crippen LogP contribution in [0.4, 0.5) is 8.78 Å². The number of carbonyl (C=O) groups is 1. The molecule has 0 aliphatic carbocycles. The monoisotopic (exact) mass is 546 g/mol. The van der Waals surface area contributed by atoms with Gasteiger partial charge < -0.3 is 15.5 Å². The number of sulfonamides is 1. The van der Waals surface area contributed by atoms with Gasteiger partial charge in [0.25, 0.3) is 0 Å². The predicted molar refractivity (Wildman–Crippen MR) is 142 cm³/mol. The number of likely N-dealkylation sites (N-methyl/N-ethyl adjacent to an activating group) is 1. The average molecular weight is 547 g/mol. The lowest BCUT2D eigenvalue weighted by atomic mass is 9.94. The third kappa shape index (κ3) is 7.22. The molecule has 0 saturated heterocycles. The van der Waals surface area contributed by atoms with E-state index >= 15 is 0 Å². The summed E-state index contributed by atoms with van der Waals surface area (Å²) >= 11 is 0.